The molecule has 1 unspecified atom stereocenters. The van der Waals surface area contributed by atoms with Crippen molar-refractivity contribution in [2.24, 2.45) is 5.92 Å². The summed E-state index contributed by atoms with van der Waals surface area (Å²) in [4.78, 5) is 25.5. The highest BCUT2D eigenvalue weighted by atomic mass is 16.5. The summed E-state index contributed by atoms with van der Waals surface area (Å²) in [5, 5.41) is 0. The molecule has 1 heterocycles. The van der Waals surface area contributed by atoms with Gasteiger partial charge in [0, 0.05) is 31.0 Å². The standard InChI is InChI=1S/C17H23NO3/c1-9(2)17(20)18-8-11(4)15-12(5)16(21-13(6)19)10(3)7-14(15)18/h7,9,11H,8H2,1-6H3. The van der Waals surface area contributed by atoms with Crippen LogP contribution in [-0.2, 0) is 9.59 Å². The fourth-order valence-corrected chi connectivity index (χ4v) is 3.09. The second kappa shape index (κ2) is 5.51. The van der Waals surface area contributed by atoms with Crippen molar-refractivity contribution in [3.05, 3.63) is 22.8 Å². The van der Waals surface area contributed by atoms with Crippen molar-refractivity contribution in [1.29, 1.82) is 0 Å². The Kier molecular flexibility index (Phi) is 4.08. The van der Waals surface area contributed by atoms with E-state index in [1.807, 2.05) is 38.7 Å². The van der Waals surface area contributed by atoms with E-state index in [2.05, 4.69) is 6.92 Å². The van der Waals surface area contributed by atoms with E-state index in [1.54, 1.807) is 0 Å². The van der Waals surface area contributed by atoms with Gasteiger partial charge in [-0.05, 0) is 36.6 Å². The molecule has 2 rings (SSSR count). The summed E-state index contributed by atoms with van der Waals surface area (Å²) < 4.78 is 5.35. The van der Waals surface area contributed by atoms with Crippen molar-refractivity contribution in [1.82, 2.24) is 0 Å². The van der Waals surface area contributed by atoms with Gasteiger partial charge in [-0.25, -0.2) is 0 Å². The number of rotatable bonds is 2. The quantitative estimate of drug-likeness (QED) is 0.619. The number of carbonyl (C=O) groups excluding carboxylic acids is 2. The van der Waals surface area contributed by atoms with Crippen molar-refractivity contribution >= 4 is 17.6 Å². The molecule has 0 N–H and O–H groups in total. The molecule has 0 radical (unpaired) electrons. The predicted octanol–water partition coefficient (Wildman–Crippen LogP) is 3.33. The third-order valence-electron chi connectivity index (χ3n) is 3.98. The van der Waals surface area contributed by atoms with E-state index in [0.717, 1.165) is 22.4 Å². The smallest absolute Gasteiger partial charge is 0.308 e. The summed E-state index contributed by atoms with van der Waals surface area (Å²) in [6.07, 6.45) is 0. The average molecular weight is 289 g/mol. The van der Waals surface area contributed by atoms with Gasteiger partial charge in [0.2, 0.25) is 5.91 Å². The molecule has 0 saturated carbocycles. The molecule has 0 saturated heterocycles. The lowest BCUT2D eigenvalue weighted by molar-refractivity contribution is -0.132. The predicted molar refractivity (Wildman–Crippen MR) is 82.8 cm³/mol. The first-order valence-corrected chi connectivity index (χ1v) is 7.37. The minimum atomic E-state index is -0.318. The normalized spacial score (nSPS) is 17.1. The third-order valence-corrected chi connectivity index (χ3v) is 3.98. The minimum absolute atomic E-state index is 0.0306. The number of fused-ring (bicyclic) bond motifs is 1. The Morgan fingerprint density at radius 1 is 1.33 bits per heavy atom. The Bertz CT molecular complexity index is 605. The van der Waals surface area contributed by atoms with Gasteiger partial charge in [0.05, 0.1) is 0 Å². The second-order valence-electron chi connectivity index (χ2n) is 6.18. The molecule has 1 aliphatic rings. The van der Waals surface area contributed by atoms with Crippen molar-refractivity contribution in [2.45, 2.75) is 47.5 Å². The summed E-state index contributed by atoms with van der Waals surface area (Å²) in [5.41, 5.74) is 3.93. The molecular weight excluding hydrogens is 266 g/mol. The summed E-state index contributed by atoms with van der Waals surface area (Å²) in [5.74, 6) is 0.669. The number of esters is 1. The van der Waals surface area contributed by atoms with Crippen LogP contribution in [0.4, 0.5) is 5.69 Å². The van der Waals surface area contributed by atoms with Crippen LogP contribution in [0.1, 0.15) is 50.3 Å². The zero-order valence-electron chi connectivity index (χ0n) is 13.6. The second-order valence-corrected chi connectivity index (χ2v) is 6.18. The zero-order chi connectivity index (χ0) is 15.9. The van der Waals surface area contributed by atoms with Gasteiger partial charge in [0.25, 0.3) is 0 Å². The van der Waals surface area contributed by atoms with E-state index >= 15 is 0 Å². The lowest BCUT2D eigenvalue weighted by atomic mass is 9.95. The maximum Gasteiger partial charge on any atom is 0.308 e. The highest BCUT2D eigenvalue weighted by Crippen LogP contribution is 2.44. The van der Waals surface area contributed by atoms with Crippen LogP contribution in [0.25, 0.3) is 0 Å². The first-order valence-electron chi connectivity index (χ1n) is 7.37. The number of amides is 1. The Morgan fingerprint density at radius 3 is 2.48 bits per heavy atom. The van der Waals surface area contributed by atoms with E-state index in [4.69, 9.17) is 4.74 Å². The Balaban J connectivity index is 2.55. The SMILES string of the molecule is CC(=O)Oc1c(C)cc2c(c1C)C(C)CN2C(=O)C(C)C. The molecule has 1 aromatic carbocycles. The number of carbonyl (C=O) groups is 2. The molecule has 1 atom stereocenters. The van der Waals surface area contributed by atoms with Crippen molar-refractivity contribution in [3.8, 4) is 5.75 Å². The number of hydrogen-bond acceptors (Lipinski definition) is 3. The molecule has 1 amide bonds. The fraction of sp³-hybridized carbons (Fsp3) is 0.529. The van der Waals surface area contributed by atoms with Gasteiger partial charge in [-0.3, -0.25) is 9.59 Å². The van der Waals surface area contributed by atoms with Crippen molar-refractivity contribution in [2.75, 3.05) is 11.4 Å². The van der Waals surface area contributed by atoms with E-state index in [-0.39, 0.29) is 23.7 Å². The maximum absolute atomic E-state index is 12.4. The molecule has 0 bridgehead atoms. The molecular formula is C17H23NO3. The van der Waals surface area contributed by atoms with Gasteiger partial charge in [0.1, 0.15) is 5.75 Å². The molecule has 1 aliphatic heterocycles. The van der Waals surface area contributed by atoms with Crippen LogP contribution in [0, 0.1) is 19.8 Å². The Labute approximate surface area is 126 Å². The average Bonchev–Trinajstić information content (AvgIpc) is 2.70. The number of ether oxygens (including phenoxy) is 1. The molecule has 4 heteroatoms. The summed E-state index contributed by atoms with van der Waals surface area (Å²) in [6.45, 7) is 11.9. The monoisotopic (exact) mass is 289 g/mol. The molecule has 4 nitrogen and oxygen atoms in total. The third kappa shape index (κ3) is 2.67. The molecule has 0 fully saturated rings. The van der Waals surface area contributed by atoms with Crippen LogP contribution in [-0.4, -0.2) is 18.4 Å². The Hall–Kier alpha value is -1.84. The number of hydrogen-bond donors (Lipinski definition) is 0. The molecule has 114 valence electrons. The van der Waals surface area contributed by atoms with Gasteiger partial charge in [-0.1, -0.05) is 20.8 Å². The van der Waals surface area contributed by atoms with Crippen molar-refractivity contribution < 1.29 is 14.3 Å². The summed E-state index contributed by atoms with van der Waals surface area (Å²) >= 11 is 0. The highest BCUT2D eigenvalue weighted by Gasteiger charge is 2.34. The van der Waals surface area contributed by atoms with Crippen LogP contribution in [0.2, 0.25) is 0 Å². The maximum atomic E-state index is 12.4. The van der Waals surface area contributed by atoms with E-state index in [0.29, 0.717) is 12.3 Å². The van der Waals surface area contributed by atoms with Crippen molar-refractivity contribution in [3.63, 3.8) is 0 Å². The number of benzene rings is 1. The molecule has 0 spiro atoms. The van der Waals surface area contributed by atoms with E-state index in [1.165, 1.54) is 6.92 Å². The van der Waals surface area contributed by atoms with E-state index in [9.17, 15) is 9.59 Å². The number of nitrogens with zero attached hydrogens (tertiary/aromatic N) is 1. The summed E-state index contributed by atoms with van der Waals surface area (Å²) in [6, 6.07) is 1.96. The van der Waals surface area contributed by atoms with Crippen LogP contribution >= 0.6 is 0 Å². The molecule has 0 aromatic heterocycles. The lowest BCUT2D eigenvalue weighted by Crippen LogP contribution is -2.33. The fourth-order valence-electron chi connectivity index (χ4n) is 3.09. The molecule has 21 heavy (non-hydrogen) atoms. The number of anilines is 1. The zero-order valence-corrected chi connectivity index (χ0v) is 13.6. The minimum Gasteiger partial charge on any atom is -0.426 e. The Morgan fingerprint density at radius 2 is 1.95 bits per heavy atom. The van der Waals surface area contributed by atoms with Crippen LogP contribution in [0.5, 0.6) is 5.75 Å². The molecule has 0 aliphatic carbocycles. The van der Waals surface area contributed by atoms with Gasteiger partial charge in [-0.2, -0.15) is 0 Å². The van der Waals surface area contributed by atoms with Crippen LogP contribution in [0.15, 0.2) is 6.07 Å². The first kappa shape index (κ1) is 15.5. The topological polar surface area (TPSA) is 46.6 Å². The van der Waals surface area contributed by atoms with Crippen LogP contribution < -0.4 is 9.64 Å². The van der Waals surface area contributed by atoms with Gasteiger partial charge < -0.3 is 9.64 Å². The largest absolute Gasteiger partial charge is 0.426 e. The van der Waals surface area contributed by atoms with Gasteiger partial charge in [-0.15, -0.1) is 0 Å². The van der Waals surface area contributed by atoms with Crippen LogP contribution in [0.3, 0.4) is 0 Å². The summed E-state index contributed by atoms with van der Waals surface area (Å²) in [7, 11) is 0. The molecule has 1 aromatic rings. The highest BCUT2D eigenvalue weighted by molar-refractivity contribution is 5.97. The first-order chi connectivity index (χ1) is 9.73. The lowest BCUT2D eigenvalue weighted by Gasteiger charge is -2.21. The van der Waals surface area contributed by atoms with Gasteiger partial charge >= 0.3 is 5.97 Å². The van der Waals surface area contributed by atoms with Gasteiger partial charge in [0.15, 0.2) is 0 Å². The van der Waals surface area contributed by atoms with E-state index < -0.39 is 0 Å². The number of aryl methyl sites for hydroxylation is 1.